The van der Waals surface area contributed by atoms with Crippen molar-refractivity contribution in [3.8, 4) is 45.3 Å². The first-order valence-corrected chi connectivity index (χ1v) is 21.7. The highest BCUT2D eigenvalue weighted by atomic mass is 15.2. The smallest absolute Gasteiger partial charge is 0.238 e. The van der Waals surface area contributed by atoms with Gasteiger partial charge >= 0.3 is 0 Å². The average Bonchev–Trinajstić information content (AvgIpc) is 3.87. The van der Waals surface area contributed by atoms with Gasteiger partial charge in [-0.1, -0.05) is 165 Å². The minimum absolute atomic E-state index is 0.219. The fraction of sp³-hybridized carbons (Fsp3) is 0.0517. The van der Waals surface area contributed by atoms with E-state index >= 15 is 0 Å². The van der Waals surface area contributed by atoms with Crippen LogP contribution in [0.25, 0.3) is 100 Å². The fourth-order valence-electron chi connectivity index (χ4n) is 9.46. The molecular formula is C58H41N5. The van der Waals surface area contributed by atoms with Crippen LogP contribution in [0.5, 0.6) is 0 Å². The Balaban J connectivity index is 0.990. The van der Waals surface area contributed by atoms with Crippen LogP contribution in [0.4, 0.5) is 0 Å². The number of para-hydroxylation sites is 3. The molecule has 0 spiro atoms. The number of benzene rings is 8. The third-order valence-electron chi connectivity index (χ3n) is 12.7. The molecule has 298 valence electrons. The highest BCUT2D eigenvalue weighted by molar-refractivity contribution is 6.12. The van der Waals surface area contributed by atoms with Crippen LogP contribution >= 0.6 is 0 Å². The molecule has 63 heavy (non-hydrogen) atoms. The first-order valence-electron chi connectivity index (χ1n) is 21.7. The lowest BCUT2D eigenvalue weighted by atomic mass is 9.86. The molecule has 5 heteroatoms. The normalized spacial score (nSPS) is 14.1. The summed E-state index contributed by atoms with van der Waals surface area (Å²) in [6.45, 7) is 2.27. The van der Waals surface area contributed by atoms with Crippen molar-refractivity contribution in [2.24, 2.45) is 5.92 Å². The summed E-state index contributed by atoms with van der Waals surface area (Å²) in [5, 5.41) is 4.76. The first kappa shape index (κ1) is 36.7. The van der Waals surface area contributed by atoms with E-state index in [0.29, 0.717) is 17.6 Å². The Hall–Kier alpha value is -8.15. The number of allylic oxidation sites excluding steroid dienone is 4. The average molecular weight is 808 g/mol. The van der Waals surface area contributed by atoms with Gasteiger partial charge in [0, 0.05) is 38.4 Å². The standard InChI is InChI=1S/C58H41N5/c1-38-25-26-43(41-29-27-40(28-30-41)39-15-5-2-6-16-39)35-49(38)57-59-56(42-17-7-3-8-18-42)60-58(61-57)63-53-24-14-12-22-48(53)51-37-45(32-34-55(51)63)44-31-33-54-50(36-44)47-21-11-13-23-52(47)62(54)46-19-9-4-10-20-46/h2-24,26-38H,25H2,1H3. The van der Waals surface area contributed by atoms with Gasteiger partial charge in [-0.05, 0) is 100 Å². The molecule has 0 fully saturated rings. The van der Waals surface area contributed by atoms with Crippen molar-refractivity contribution in [1.82, 2.24) is 24.1 Å². The van der Waals surface area contributed by atoms with Crippen molar-refractivity contribution in [1.29, 1.82) is 0 Å². The van der Waals surface area contributed by atoms with Crippen LogP contribution in [0.1, 0.15) is 24.7 Å². The van der Waals surface area contributed by atoms with Crippen LogP contribution in [0.2, 0.25) is 0 Å². The Morgan fingerprint density at radius 1 is 0.397 bits per heavy atom. The molecule has 1 unspecified atom stereocenters. The van der Waals surface area contributed by atoms with Gasteiger partial charge in [-0.25, -0.2) is 4.98 Å². The van der Waals surface area contributed by atoms with E-state index < -0.39 is 0 Å². The Labute approximate surface area is 365 Å². The maximum Gasteiger partial charge on any atom is 0.238 e. The van der Waals surface area contributed by atoms with E-state index in [9.17, 15) is 0 Å². The Morgan fingerprint density at radius 3 is 1.52 bits per heavy atom. The minimum atomic E-state index is 0.219. The molecule has 3 heterocycles. The molecule has 0 bridgehead atoms. The third kappa shape index (κ3) is 6.36. The lowest BCUT2D eigenvalue weighted by molar-refractivity contribution is 0.746. The van der Waals surface area contributed by atoms with Gasteiger partial charge in [0.2, 0.25) is 5.95 Å². The van der Waals surface area contributed by atoms with E-state index in [1.165, 1.54) is 49.6 Å². The third-order valence-corrected chi connectivity index (χ3v) is 12.7. The summed E-state index contributed by atoms with van der Waals surface area (Å²) in [4.78, 5) is 15.8. The minimum Gasteiger partial charge on any atom is -0.309 e. The van der Waals surface area contributed by atoms with Crippen molar-refractivity contribution in [3.05, 3.63) is 224 Å². The van der Waals surface area contributed by atoms with Gasteiger partial charge in [-0.2, -0.15) is 9.97 Å². The van der Waals surface area contributed by atoms with Crippen LogP contribution in [0.3, 0.4) is 0 Å². The maximum absolute atomic E-state index is 5.37. The molecule has 8 aromatic carbocycles. The summed E-state index contributed by atoms with van der Waals surface area (Å²) >= 11 is 0. The maximum atomic E-state index is 5.37. The molecule has 0 radical (unpaired) electrons. The molecule has 0 saturated heterocycles. The molecule has 11 aromatic rings. The molecule has 0 aliphatic heterocycles. The molecule has 0 amide bonds. The molecule has 0 N–H and O–H groups in total. The van der Waals surface area contributed by atoms with E-state index in [2.05, 4.69) is 210 Å². The Kier molecular flexibility index (Phi) is 8.78. The van der Waals surface area contributed by atoms with E-state index in [1.54, 1.807) is 0 Å². The molecular weight excluding hydrogens is 767 g/mol. The quantitative estimate of drug-likeness (QED) is 0.161. The van der Waals surface area contributed by atoms with Crippen molar-refractivity contribution in [3.63, 3.8) is 0 Å². The Bertz CT molecular complexity index is 3580. The van der Waals surface area contributed by atoms with Gasteiger partial charge in [0.25, 0.3) is 0 Å². The van der Waals surface area contributed by atoms with Crippen molar-refractivity contribution < 1.29 is 0 Å². The zero-order valence-electron chi connectivity index (χ0n) is 34.7. The predicted molar refractivity (Wildman–Crippen MR) is 261 cm³/mol. The second-order valence-electron chi connectivity index (χ2n) is 16.5. The van der Waals surface area contributed by atoms with Gasteiger partial charge in [-0.15, -0.1) is 0 Å². The summed E-state index contributed by atoms with van der Waals surface area (Å²) < 4.78 is 4.58. The molecule has 1 aliphatic rings. The van der Waals surface area contributed by atoms with Crippen molar-refractivity contribution in [2.75, 3.05) is 0 Å². The van der Waals surface area contributed by atoms with Crippen LogP contribution in [0.15, 0.2) is 212 Å². The number of nitrogens with zero attached hydrogens (tertiary/aromatic N) is 5. The van der Waals surface area contributed by atoms with E-state index in [4.69, 9.17) is 15.0 Å². The van der Waals surface area contributed by atoms with E-state index in [0.717, 1.165) is 50.6 Å². The Morgan fingerprint density at radius 2 is 0.873 bits per heavy atom. The zero-order valence-corrected chi connectivity index (χ0v) is 34.7. The van der Waals surface area contributed by atoms with Crippen molar-refractivity contribution >= 4 is 54.8 Å². The van der Waals surface area contributed by atoms with Gasteiger partial charge in [0.1, 0.15) is 0 Å². The fourth-order valence-corrected chi connectivity index (χ4v) is 9.46. The SMILES string of the molecule is CC1CC=C(c2ccc(-c3ccccc3)cc2)C=C1c1nc(-c2ccccc2)nc(-n2c3ccccc3c3cc(-c4ccc5c(c4)c4ccccc4n5-c4ccccc4)ccc32)n1. The monoisotopic (exact) mass is 807 g/mol. The second-order valence-corrected chi connectivity index (χ2v) is 16.5. The van der Waals surface area contributed by atoms with Crippen LogP contribution < -0.4 is 0 Å². The van der Waals surface area contributed by atoms with E-state index in [1.807, 2.05) is 18.2 Å². The highest BCUT2D eigenvalue weighted by Gasteiger charge is 2.23. The molecule has 5 nitrogen and oxygen atoms in total. The first-order chi connectivity index (χ1) is 31.1. The van der Waals surface area contributed by atoms with Crippen LogP contribution in [-0.2, 0) is 0 Å². The second kappa shape index (κ2) is 15.1. The molecule has 1 aliphatic carbocycles. The summed E-state index contributed by atoms with van der Waals surface area (Å²) in [6, 6.07) is 71.3. The number of aromatic nitrogens is 5. The molecule has 12 rings (SSSR count). The lowest BCUT2D eigenvalue weighted by Gasteiger charge is -2.21. The van der Waals surface area contributed by atoms with Gasteiger partial charge in [-0.3, -0.25) is 4.57 Å². The lowest BCUT2D eigenvalue weighted by Crippen LogP contribution is -2.12. The zero-order chi connectivity index (χ0) is 41.9. The van der Waals surface area contributed by atoms with Gasteiger partial charge in [0.15, 0.2) is 11.6 Å². The van der Waals surface area contributed by atoms with Crippen LogP contribution in [-0.4, -0.2) is 24.1 Å². The topological polar surface area (TPSA) is 48.5 Å². The van der Waals surface area contributed by atoms with Crippen LogP contribution in [0, 0.1) is 5.92 Å². The predicted octanol–water partition coefficient (Wildman–Crippen LogP) is 14.6. The van der Waals surface area contributed by atoms with E-state index in [-0.39, 0.29) is 5.92 Å². The number of fused-ring (bicyclic) bond motifs is 6. The molecule has 3 aromatic heterocycles. The number of hydrogen-bond donors (Lipinski definition) is 0. The largest absolute Gasteiger partial charge is 0.309 e. The summed E-state index contributed by atoms with van der Waals surface area (Å²) in [5.74, 6) is 2.17. The number of rotatable bonds is 7. The molecule has 1 atom stereocenters. The van der Waals surface area contributed by atoms with Gasteiger partial charge < -0.3 is 4.57 Å². The summed E-state index contributed by atoms with van der Waals surface area (Å²) in [7, 11) is 0. The number of hydrogen-bond acceptors (Lipinski definition) is 3. The highest BCUT2D eigenvalue weighted by Crippen LogP contribution is 2.40. The van der Waals surface area contributed by atoms with Gasteiger partial charge in [0.05, 0.1) is 22.1 Å². The molecule has 0 saturated carbocycles. The summed E-state index contributed by atoms with van der Waals surface area (Å²) in [6.07, 6.45) is 5.52. The summed E-state index contributed by atoms with van der Waals surface area (Å²) in [5.41, 5.74) is 14.8. The van der Waals surface area contributed by atoms with Crippen molar-refractivity contribution in [2.45, 2.75) is 13.3 Å².